The lowest BCUT2D eigenvalue weighted by molar-refractivity contribution is 0.349. The fraction of sp³-hybridized carbons (Fsp3) is 0.538. The van der Waals surface area contributed by atoms with Crippen molar-refractivity contribution in [2.24, 2.45) is 0 Å². The molecule has 0 amide bonds. The van der Waals surface area contributed by atoms with E-state index in [1.165, 1.54) is 17.5 Å². The van der Waals surface area contributed by atoms with Crippen molar-refractivity contribution in [2.45, 2.75) is 44.7 Å². The van der Waals surface area contributed by atoms with Gasteiger partial charge in [0.15, 0.2) is 0 Å². The van der Waals surface area contributed by atoms with E-state index in [1.54, 1.807) is 0 Å². The van der Waals surface area contributed by atoms with E-state index in [-0.39, 0.29) is 0 Å². The Kier molecular flexibility index (Phi) is 1.82. The summed E-state index contributed by atoms with van der Waals surface area (Å²) >= 11 is 0. The summed E-state index contributed by atoms with van der Waals surface area (Å²) in [5.41, 5.74) is 12.0. The second-order valence-corrected chi connectivity index (χ2v) is 4.95. The summed E-state index contributed by atoms with van der Waals surface area (Å²) in [5, 5.41) is 0. The number of rotatable bonds is 0. The van der Waals surface area contributed by atoms with Crippen molar-refractivity contribution in [3.8, 4) is 0 Å². The van der Waals surface area contributed by atoms with Crippen LogP contribution in [0.2, 0.25) is 0 Å². The SMILES string of the molecule is C[C@H]1CCc2cc3c(c(N)c21)C[C@@H](F)C3. The van der Waals surface area contributed by atoms with Crippen molar-refractivity contribution in [3.05, 3.63) is 28.3 Å². The first-order chi connectivity index (χ1) is 7.16. The van der Waals surface area contributed by atoms with Crippen molar-refractivity contribution < 1.29 is 4.39 Å². The van der Waals surface area contributed by atoms with Crippen LogP contribution >= 0.6 is 0 Å². The molecule has 0 aliphatic heterocycles. The van der Waals surface area contributed by atoms with E-state index in [2.05, 4.69) is 13.0 Å². The first kappa shape index (κ1) is 9.20. The molecule has 2 N–H and O–H groups in total. The standard InChI is InChI=1S/C13H16FN/c1-7-2-3-8-4-9-5-10(14)6-11(9)13(15)12(7)8/h4,7,10H,2-3,5-6,15H2,1H3/t7-,10-/m0/s1. The van der Waals surface area contributed by atoms with Gasteiger partial charge in [-0.2, -0.15) is 0 Å². The fourth-order valence-corrected chi connectivity index (χ4v) is 3.14. The summed E-state index contributed by atoms with van der Waals surface area (Å²) in [5.74, 6) is 0.559. The molecule has 0 aromatic heterocycles. The minimum absolute atomic E-state index is 0.529. The first-order valence-electron chi connectivity index (χ1n) is 5.74. The second-order valence-electron chi connectivity index (χ2n) is 4.95. The molecule has 0 spiro atoms. The molecule has 0 unspecified atom stereocenters. The van der Waals surface area contributed by atoms with Crippen LogP contribution < -0.4 is 5.73 Å². The molecule has 2 atom stereocenters. The Balaban J connectivity index is 2.19. The van der Waals surface area contributed by atoms with Crippen LogP contribution in [0.5, 0.6) is 0 Å². The van der Waals surface area contributed by atoms with Gasteiger partial charge in [0.1, 0.15) is 6.17 Å². The maximum Gasteiger partial charge on any atom is 0.108 e. The molecule has 15 heavy (non-hydrogen) atoms. The van der Waals surface area contributed by atoms with E-state index >= 15 is 0 Å². The van der Waals surface area contributed by atoms with Crippen LogP contribution in [0.15, 0.2) is 6.07 Å². The van der Waals surface area contributed by atoms with E-state index < -0.39 is 6.17 Å². The van der Waals surface area contributed by atoms with E-state index in [4.69, 9.17) is 5.73 Å². The van der Waals surface area contributed by atoms with Crippen LogP contribution in [0.4, 0.5) is 10.1 Å². The highest BCUT2D eigenvalue weighted by Gasteiger charge is 2.29. The number of fused-ring (bicyclic) bond motifs is 2. The lowest BCUT2D eigenvalue weighted by Crippen LogP contribution is -2.02. The number of benzene rings is 1. The van der Waals surface area contributed by atoms with E-state index in [0.717, 1.165) is 23.2 Å². The van der Waals surface area contributed by atoms with Gasteiger partial charge in [-0.3, -0.25) is 0 Å². The number of nitrogen functional groups attached to an aromatic ring is 1. The van der Waals surface area contributed by atoms with Gasteiger partial charge in [0, 0.05) is 18.5 Å². The maximum absolute atomic E-state index is 13.3. The van der Waals surface area contributed by atoms with Gasteiger partial charge in [0.25, 0.3) is 0 Å². The Hall–Kier alpha value is -1.05. The number of halogens is 1. The molecule has 3 rings (SSSR count). The first-order valence-corrected chi connectivity index (χ1v) is 5.74. The highest BCUT2D eigenvalue weighted by atomic mass is 19.1. The van der Waals surface area contributed by atoms with E-state index in [0.29, 0.717) is 18.8 Å². The van der Waals surface area contributed by atoms with Gasteiger partial charge >= 0.3 is 0 Å². The van der Waals surface area contributed by atoms with Crippen molar-refractivity contribution in [2.75, 3.05) is 5.73 Å². The predicted octanol–water partition coefficient (Wildman–Crippen LogP) is 2.76. The van der Waals surface area contributed by atoms with Crippen molar-refractivity contribution in [1.29, 1.82) is 0 Å². The number of hydrogen-bond acceptors (Lipinski definition) is 1. The number of anilines is 1. The summed E-state index contributed by atoms with van der Waals surface area (Å²) in [6.45, 7) is 2.22. The van der Waals surface area contributed by atoms with Gasteiger partial charge < -0.3 is 5.73 Å². The fourth-order valence-electron chi connectivity index (χ4n) is 3.14. The van der Waals surface area contributed by atoms with E-state index in [9.17, 15) is 4.39 Å². The van der Waals surface area contributed by atoms with E-state index in [1.807, 2.05) is 0 Å². The average molecular weight is 205 g/mol. The van der Waals surface area contributed by atoms with Gasteiger partial charge in [0.05, 0.1) is 0 Å². The van der Waals surface area contributed by atoms with Gasteiger partial charge in [0.2, 0.25) is 0 Å². The van der Waals surface area contributed by atoms with Crippen molar-refractivity contribution in [1.82, 2.24) is 0 Å². The van der Waals surface area contributed by atoms with Crippen molar-refractivity contribution >= 4 is 5.69 Å². The highest BCUT2D eigenvalue weighted by Crippen LogP contribution is 2.42. The molecule has 0 radical (unpaired) electrons. The Bertz CT molecular complexity index is 425. The van der Waals surface area contributed by atoms with Crippen molar-refractivity contribution in [3.63, 3.8) is 0 Å². The molecule has 0 fully saturated rings. The molecule has 0 saturated heterocycles. The molecule has 2 aliphatic rings. The van der Waals surface area contributed by atoms with Gasteiger partial charge in [-0.05, 0) is 41.0 Å². The van der Waals surface area contributed by atoms with Crippen LogP contribution in [-0.2, 0) is 19.3 Å². The summed E-state index contributed by atoms with van der Waals surface area (Å²) in [6.07, 6.45) is 2.70. The van der Waals surface area contributed by atoms with Crippen LogP contribution in [0, 0.1) is 0 Å². The molecule has 0 heterocycles. The Morgan fingerprint density at radius 1 is 1.33 bits per heavy atom. The molecule has 2 aliphatic carbocycles. The van der Waals surface area contributed by atoms with Gasteiger partial charge in [-0.25, -0.2) is 4.39 Å². The Morgan fingerprint density at radius 2 is 2.13 bits per heavy atom. The molecule has 2 heteroatoms. The number of hydrogen-bond donors (Lipinski definition) is 1. The van der Waals surface area contributed by atoms with Gasteiger partial charge in [-0.1, -0.05) is 13.0 Å². The smallest absolute Gasteiger partial charge is 0.108 e. The third-order valence-electron chi connectivity index (χ3n) is 3.90. The quantitative estimate of drug-likeness (QED) is 0.647. The topological polar surface area (TPSA) is 26.0 Å². The summed E-state index contributed by atoms with van der Waals surface area (Å²) < 4.78 is 13.3. The third-order valence-corrected chi connectivity index (χ3v) is 3.90. The molecular formula is C13H16FN. The number of aryl methyl sites for hydroxylation is 1. The minimum atomic E-state index is -0.708. The Labute approximate surface area is 89.5 Å². The zero-order chi connectivity index (χ0) is 10.6. The zero-order valence-electron chi connectivity index (χ0n) is 9.02. The monoisotopic (exact) mass is 205 g/mol. The normalized spacial score (nSPS) is 27.9. The molecule has 0 saturated carbocycles. The van der Waals surface area contributed by atoms with Gasteiger partial charge in [-0.15, -0.1) is 0 Å². The van der Waals surface area contributed by atoms with Crippen LogP contribution in [0.3, 0.4) is 0 Å². The third kappa shape index (κ3) is 1.20. The zero-order valence-corrected chi connectivity index (χ0v) is 9.02. The molecule has 1 aromatic carbocycles. The maximum atomic E-state index is 13.3. The molecule has 1 nitrogen and oxygen atoms in total. The number of alkyl halides is 1. The van der Waals surface area contributed by atoms with Crippen LogP contribution in [0.1, 0.15) is 41.5 Å². The summed E-state index contributed by atoms with van der Waals surface area (Å²) in [6, 6.07) is 2.20. The minimum Gasteiger partial charge on any atom is -0.398 e. The lowest BCUT2D eigenvalue weighted by Gasteiger charge is -2.13. The Morgan fingerprint density at radius 3 is 2.93 bits per heavy atom. The number of nitrogens with two attached hydrogens (primary N) is 1. The molecule has 0 bridgehead atoms. The second kappa shape index (κ2) is 2.97. The largest absolute Gasteiger partial charge is 0.398 e. The lowest BCUT2D eigenvalue weighted by atomic mass is 9.95. The molecular weight excluding hydrogens is 189 g/mol. The van der Waals surface area contributed by atoms with Crippen LogP contribution in [0.25, 0.3) is 0 Å². The summed E-state index contributed by atoms with van der Waals surface area (Å²) in [4.78, 5) is 0. The predicted molar refractivity (Wildman–Crippen MR) is 59.9 cm³/mol. The van der Waals surface area contributed by atoms with Crippen LogP contribution in [-0.4, -0.2) is 6.17 Å². The average Bonchev–Trinajstić information content (AvgIpc) is 2.71. The molecule has 80 valence electrons. The highest BCUT2D eigenvalue weighted by molar-refractivity contribution is 5.64. The molecule has 1 aromatic rings. The summed E-state index contributed by atoms with van der Waals surface area (Å²) in [7, 11) is 0.